The first-order valence-corrected chi connectivity index (χ1v) is 8.75. The molecule has 2 fully saturated rings. The van der Waals surface area contributed by atoms with Gasteiger partial charge >= 0.3 is 5.97 Å². The van der Waals surface area contributed by atoms with Crippen molar-refractivity contribution in [3.8, 4) is 0 Å². The van der Waals surface area contributed by atoms with Crippen molar-refractivity contribution in [2.75, 3.05) is 13.1 Å². The number of hydrogen-bond acceptors (Lipinski definition) is 3. The molecule has 2 unspecified atom stereocenters. The van der Waals surface area contributed by atoms with Gasteiger partial charge in [-0.2, -0.15) is 0 Å². The van der Waals surface area contributed by atoms with Crippen molar-refractivity contribution in [3.05, 3.63) is 17.7 Å². The first-order valence-electron chi connectivity index (χ1n) is 8.75. The molecule has 0 aromatic carbocycles. The van der Waals surface area contributed by atoms with E-state index in [2.05, 4.69) is 9.47 Å². The highest BCUT2D eigenvalue weighted by Crippen LogP contribution is 2.38. The van der Waals surface area contributed by atoms with Crippen molar-refractivity contribution in [1.82, 2.24) is 14.5 Å². The lowest BCUT2D eigenvalue weighted by Gasteiger charge is -2.36. The second kappa shape index (κ2) is 5.69. The summed E-state index contributed by atoms with van der Waals surface area (Å²) in [4.78, 5) is 18.6. The SMILES string of the molecule is O=C(O)C(C1CC1)N1CCCC(c2ncc3n2CCCC3)C1. The van der Waals surface area contributed by atoms with Crippen LogP contribution in [0.1, 0.15) is 56.0 Å². The molecule has 22 heavy (non-hydrogen) atoms. The summed E-state index contributed by atoms with van der Waals surface area (Å²) >= 11 is 0. The van der Waals surface area contributed by atoms with Crippen LogP contribution < -0.4 is 0 Å². The molecule has 5 nitrogen and oxygen atoms in total. The van der Waals surface area contributed by atoms with Crippen LogP contribution in [0.3, 0.4) is 0 Å². The lowest BCUT2D eigenvalue weighted by molar-refractivity contribution is -0.144. The zero-order valence-electron chi connectivity index (χ0n) is 13.1. The van der Waals surface area contributed by atoms with Crippen molar-refractivity contribution in [3.63, 3.8) is 0 Å². The number of aliphatic carboxylic acids is 1. The van der Waals surface area contributed by atoms with E-state index in [0.717, 1.165) is 51.7 Å². The van der Waals surface area contributed by atoms with Crippen molar-refractivity contribution in [2.45, 2.75) is 63.5 Å². The Bertz CT molecular complexity index is 564. The van der Waals surface area contributed by atoms with E-state index in [-0.39, 0.29) is 6.04 Å². The number of hydrogen-bond donors (Lipinski definition) is 1. The van der Waals surface area contributed by atoms with Crippen LogP contribution in [0.5, 0.6) is 0 Å². The van der Waals surface area contributed by atoms with E-state index >= 15 is 0 Å². The number of piperidine rings is 1. The number of aryl methyl sites for hydroxylation is 1. The van der Waals surface area contributed by atoms with Gasteiger partial charge in [-0.3, -0.25) is 9.69 Å². The maximum Gasteiger partial charge on any atom is 0.321 e. The number of imidazole rings is 1. The van der Waals surface area contributed by atoms with Gasteiger partial charge in [-0.1, -0.05) is 0 Å². The number of rotatable bonds is 4. The summed E-state index contributed by atoms with van der Waals surface area (Å²) in [6, 6.07) is -0.265. The molecule has 3 heterocycles. The predicted octanol–water partition coefficient (Wildman–Crippen LogP) is 2.26. The number of fused-ring (bicyclic) bond motifs is 1. The summed E-state index contributed by atoms with van der Waals surface area (Å²) in [6.07, 6.45) is 10.1. The minimum Gasteiger partial charge on any atom is -0.480 e. The third-order valence-corrected chi connectivity index (χ3v) is 5.57. The molecule has 1 saturated heterocycles. The second-order valence-corrected chi connectivity index (χ2v) is 7.17. The highest BCUT2D eigenvalue weighted by Gasteiger charge is 2.42. The van der Waals surface area contributed by atoms with Crippen LogP contribution in [0.4, 0.5) is 0 Å². The zero-order chi connectivity index (χ0) is 15.1. The largest absolute Gasteiger partial charge is 0.480 e. The molecule has 120 valence electrons. The van der Waals surface area contributed by atoms with E-state index < -0.39 is 5.97 Å². The van der Waals surface area contributed by atoms with Gasteiger partial charge in [0.25, 0.3) is 0 Å². The van der Waals surface area contributed by atoms with Crippen LogP contribution in [0.2, 0.25) is 0 Å². The normalized spacial score (nSPS) is 27.4. The molecule has 5 heteroatoms. The molecule has 0 amide bonds. The summed E-state index contributed by atoms with van der Waals surface area (Å²) in [5, 5.41) is 9.58. The van der Waals surface area contributed by atoms with Crippen LogP contribution in [0, 0.1) is 5.92 Å². The summed E-state index contributed by atoms with van der Waals surface area (Å²) in [7, 11) is 0. The highest BCUT2D eigenvalue weighted by atomic mass is 16.4. The number of nitrogens with zero attached hydrogens (tertiary/aromatic N) is 3. The standard InChI is InChI=1S/C17H25N3O2/c21-17(22)15(12-6-7-12)19-8-3-4-13(11-19)16-18-10-14-5-1-2-9-20(14)16/h10,12-13,15H,1-9,11H2,(H,21,22). The third kappa shape index (κ3) is 2.56. The maximum atomic E-state index is 11.6. The van der Waals surface area contributed by atoms with E-state index in [1.54, 1.807) is 0 Å². The summed E-state index contributed by atoms with van der Waals surface area (Å²) in [5.41, 5.74) is 1.37. The molecule has 2 aliphatic heterocycles. The average molecular weight is 303 g/mol. The smallest absolute Gasteiger partial charge is 0.321 e. The first-order chi connectivity index (χ1) is 10.7. The van der Waals surface area contributed by atoms with E-state index in [4.69, 9.17) is 4.98 Å². The Kier molecular flexibility index (Phi) is 3.68. The van der Waals surface area contributed by atoms with Gasteiger partial charge in [0.15, 0.2) is 0 Å². The minimum absolute atomic E-state index is 0.265. The monoisotopic (exact) mass is 303 g/mol. The fraction of sp³-hybridized carbons (Fsp3) is 0.765. The fourth-order valence-corrected chi connectivity index (χ4v) is 4.32. The topological polar surface area (TPSA) is 58.4 Å². The van der Waals surface area contributed by atoms with Crippen molar-refractivity contribution < 1.29 is 9.90 Å². The van der Waals surface area contributed by atoms with Crippen LogP contribution >= 0.6 is 0 Å². The minimum atomic E-state index is -0.631. The molecule has 4 rings (SSSR count). The Morgan fingerprint density at radius 3 is 2.86 bits per heavy atom. The third-order valence-electron chi connectivity index (χ3n) is 5.57. The summed E-state index contributed by atoms with van der Waals surface area (Å²) in [5.74, 6) is 1.36. The molecule has 0 radical (unpaired) electrons. The average Bonchev–Trinajstić information content (AvgIpc) is 3.25. The zero-order valence-corrected chi connectivity index (χ0v) is 13.1. The van der Waals surface area contributed by atoms with E-state index in [1.807, 2.05) is 6.20 Å². The van der Waals surface area contributed by atoms with Crippen LogP contribution in [0.25, 0.3) is 0 Å². The molecule has 1 aliphatic carbocycles. The van der Waals surface area contributed by atoms with Crippen LogP contribution in [-0.2, 0) is 17.8 Å². The van der Waals surface area contributed by atoms with Crippen molar-refractivity contribution in [2.24, 2.45) is 5.92 Å². The number of carboxylic acid groups (broad SMARTS) is 1. The molecular formula is C17H25N3O2. The summed E-state index contributed by atoms with van der Waals surface area (Å²) in [6.45, 7) is 2.88. The quantitative estimate of drug-likeness (QED) is 0.927. The molecule has 3 aliphatic rings. The molecule has 0 bridgehead atoms. The Morgan fingerprint density at radius 2 is 2.09 bits per heavy atom. The van der Waals surface area contributed by atoms with E-state index in [1.165, 1.54) is 24.4 Å². The van der Waals surface area contributed by atoms with Gasteiger partial charge in [-0.25, -0.2) is 4.98 Å². The Balaban J connectivity index is 1.53. The van der Waals surface area contributed by atoms with Crippen molar-refractivity contribution >= 4 is 5.97 Å². The lowest BCUT2D eigenvalue weighted by atomic mass is 9.94. The van der Waals surface area contributed by atoms with Gasteiger partial charge in [0, 0.05) is 30.9 Å². The van der Waals surface area contributed by atoms with Crippen molar-refractivity contribution in [1.29, 1.82) is 0 Å². The first kappa shape index (κ1) is 14.2. The lowest BCUT2D eigenvalue weighted by Crippen LogP contribution is -2.47. The number of carbonyl (C=O) groups is 1. The number of likely N-dealkylation sites (tertiary alicyclic amines) is 1. The Labute approximate surface area is 131 Å². The van der Waals surface area contributed by atoms with E-state index in [0.29, 0.717) is 11.8 Å². The predicted molar refractivity (Wildman–Crippen MR) is 82.9 cm³/mol. The van der Waals surface area contributed by atoms with Gasteiger partial charge in [0.05, 0.1) is 0 Å². The molecule has 1 aromatic heterocycles. The maximum absolute atomic E-state index is 11.6. The van der Waals surface area contributed by atoms with Gasteiger partial charge in [0.2, 0.25) is 0 Å². The molecule has 0 spiro atoms. The second-order valence-electron chi connectivity index (χ2n) is 7.17. The fourth-order valence-electron chi connectivity index (χ4n) is 4.32. The molecule has 2 atom stereocenters. The Hall–Kier alpha value is -1.36. The Morgan fingerprint density at radius 1 is 1.23 bits per heavy atom. The number of aromatic nitrogens is 2. The van der Waals surface area contributed by atoms with Gasteiger partial charge in [-0.05, 0) is 57.4 Å². The van der Waals surface area contributed by atoms with Crippen LogP contribution in [-0.4, -0.2) is 44.7 Å². The van der Waals surface area contributed by atoms with E-state index in [9.17, 15) is 9.90 Å². The van der Waals surface area contributed by atoms with Crippen LogP contribution in [0.15, 0.2) is 6.20 Å². The van der Waals surface area contributed by atoms with Gasteiger partial charge < -0.3 is 9.67 Å². The molecular weight excluding hydrogens is 278 g/mol. The molecule has 1 N–H and O–H groups in total. The van der Waals surface area contributed by atoms with Gasteiger partial charge in [-0.15, -0.1) is 0 Å². The molecule has 1 aromatic rings. The highest BCUT2D eigenvalue weighted by molar-refractivity contribution is 5.74. The summed E-state index contributed by atoms with van der Waals surface area (Å²) < 4.78 is 2.41. The number of carboxylic acids is 1. The molecule has 1 saturated carbocycles. The van der Waals surface area contributed by atoms with Gasteiger partial charge in [0.1, 0.15) is 11.9 Å².